The molecule has 27 heavy (non-hydrogen) atoms. The van der Waals surface area contributed by atoms with E-state index in [1.165, 1.54) is 0 Å². The number of rotatable bonds is 4. The molecule has 9 heteroatoms. The largest absolute Gasteiger partial charge is 0.786 e. The van der Waals surface area contributed by atoms with Crippen LogP contribution >= 0.6 is 0 Å². The van der Waals surface area contributed by atoms with E-state index < -0.39 is 11.2 Å². The maximum absolute atomic E-state index is 11.2. The van der Waals surface area contributed by atoms with Crippen LogP contribution in [0.25, 0.3) is 0 Å². The van der Waals surface area contributed by atoms with Crippen molar-refractivity contribution in [1.29, 1.82) is 0 Å². The van der Waals surface area contributed by atoms with Crippen molar-refractivity contribution in [3.63, 3.8) is 0 Å². The molecule has 0 saturated heterocycles. The predicted molar refractivity (Wildman–Crippen MR) is 116 cm³/mol. The van der Waals surface area contributed by atoms with Crippen molar-refractivity contribution in [1.82, 2.24) is 0 Å². The quantitative estimate of drug-likeness (QED) is 0.325. The van der Waals surface area contributed by atoms with Gasteiger partial charge in [0.15, 0.2) is 0 Å². The summed E-state index contributed by atoms with van der Waals surface area (Å²) in [5.74, 6) is -0.636. The Morgan fingerprint density at radius 3 is 1.04 bits per heavy atom. The molecule has 0 N–H and O–H groups in total. The first kappa shape index (κ1) is 31.5. The molecule has 0 fully saturated rings. The summed E-state index contributed by atoms with van der Waals surface area (Å²) < 4.78 is 10.1. The van der Waals surface area contributed by atoms with Gasteiger partial charge in [0.2, 0.25) is 0 Å². The fourth-order valence-electron chi connectivity index (χ4n) is 1.27. The van der Waals surface area contributed by atoms with Crippen LogP contribution < -0.4 is 0 Å². The molecule has 0 atom stereocenters. The molecule has 0 unspecified atom stereocenters. The van der Waals surface area contributed by atoms with Crippen molar-refractivity contribution in [3.05, 3.63) is 19.6 Å². The molecule has 0 aromatic heterocycles. The minimum atomic E-state index is -0.456. The molecule has 0 aromatic carbocycles. The van der Waals surface area contributed by atoms with Gasteiger partial charge in [-0.25, -0.2) is 19.6 Å². The molecule has 163 valence electrons. The second-order valence-electron chi connectivity index (χ2n) is 7.49. The van der Waals surface area contributed by atoms with Crippen molar-refractivity contribution in [2.45, 2.75) is 79.4 Å². The van der Waals surface area contributed by atoms with Gasteiger partial charge < -0.3 is 60.0 Å². The average Bonchev–Trinajstić information content (AvgIpc) is 2.33. The van der Waals surface area contributed by atoms with Gasteiger partial charge in [-0.3, -0.25) is 9.59 Å². The van der Waals surface area contributed by atoms with Gasteiger partial charge in [-0.1, -0.05) is 13.8 Å². The van der Waals surface area contributed by atoms with E-state index in [2.05, 4.69) is 0 Å². The van der Waals surface area contributed by atoms with Crippen molar-refractivity contribution < 1.29 is 36.1 Å². The Kier molecular flexibility index (Phi) is 16.2. The van der Waals surface area contributed by atoms with E-state index >= 15 is 0 Å². The Hall–Kier alpha value is -0.181. The number of esters is 2. The maximum Gasteiger partial charge on any atom is 0.308 e. The first-order valence-electron chi connectivity index (χ1n) is 7.96. The van der Waals surface area contributed by atoms with Crippen molar-refractivity contribution in [2.24, 2.45) is 0 Å². The number of carbonyl (C=O) groups excluding carboxylic acids is 2. The minimum absolute atomic E-state index is 0. The summed E-state index contributed by atoms with van der Waals surface area (Å²) in [6.07, 6.45) is 0.226. The molecule has 0 heterocycles. The van der Waals surface area contributed by atoms with Crippen LogP contribution in [0.5, 0.6) is 0 Å². The smallest absolute Gasteiger partial charge is 0.308 e. The Balaban J connectivity index is -0.000000411. The number of allylic oxidation sites excluding steroid dienone is 2. The second kappa shape index (κ2) is 13.9. The summed E-state index contributed by atoms with van der Waals surface area (Å²) in [6, 6.07) is 0. The summed E-state index contributed by atoms with van der Waals surface area (Å²) in [5, 5.41) is 0. The zero-order valence-electron chi connectivity index (χ0n) is 17.0. The van der Waals surface area contributed by atoms with E-state index in [9.17, 15) is 9.59 Å². The van der Waals surface area contributed by atoms with Gasteiger partial charge in [-0.2, -0.15) is 0 Å². The monoisotopic (exact) mass is 499 g/mol. The average molecular weight is 500 g/mol. The van der Waals surface area contributed by atoms with Crippen LogP contribution in [0.2, 0.25) is 0 Å². The predicted octanol–water partition coefficient (Wildman–Crippen LogP) is 4.08. The Morgan fingerprint density at radius 1 is 0.667 bits per heavy atom. The van der Waals surface area contributed by atoms with Crippen molar-refractivity contribution >= 4 is 62.5 Å². The SMILES string of the molecule is C/C([S-])=C(/[S-])CC(=O)OC(C)(C)C.C/C([S-])=C(/[S-])CC(=O)OC(C)(C)C.[Cu]. The molecule has 0 spiro atoms. The van der Waals surface area contributed by atoms with Gasteiger partial charge in [0.25, 0.3) is 0 Å². The van der Waals surface area contributed by atoms with Crippen LogP contribution in [-0.2, 0) is 86.6 Å². The summed E-state index contributed by atoms with van der Waals surface area (Å²) in [6.45, 7) is 14.3. The van der Waals surface area contributed by atoms with Crippen LogP contribution in [0.15, 0.2) is 19.6 Å². The molecule has 4 nitrogen and oxygen atoms in total. The Bertz CT molecular complexity index is 501. The third-order valence-corrected chi connectivity index (χ3v) is 3.89. The summed E-state index contributed by atoms with van der Waals surface area (Å²) in [4.78, 5) is 24.6. The molecule has 0 aliphatic carbocycles. The van der Waals surface area contributed by atoms with Crippen molar-refractivity contribution in [3.8, 4) is 0 Å². The first-order chi connectivity index (χ1) is 11.4. The van der Waals surface area contributed by atoms with Crippen LogP contribution in [-0.4, -0.2) is 23.1 Å². The van der Waals surface area contributed by atoms with Crippen LogP contribution in [0, 0.1) is 0 Å². The number of ether oxygens (including phenoxy) is 2. The molecule has 0 bridgehead atoms. The Labute approximate surface area is 196 Å². The standard InChI is InChI=1S/2C9H16O2S2.Cu/c2*1-6(12)7(13)5-8(10)11-9(2,3)4;/h2*12-13H,5H2,1-4H3;/p-4/b2*7-6-;. The molecule has 0 amide bonds. The van der Waals surface area contributed by atoms with E-state index in [-0.39, 0.29) is 41.8 Å². The van der Waals surface area contributed by atoms with Crippen LogP contribution in [0.3, 0.4) is 0 Å². The molecular formula is C18H28CuO4S4-4. The van der Waals surface area contributed by atoms with Crippen LogP contribution in [0.4, 0.5) is 0 Å². The second-order valence-corrected chi connectivity index (χ2v) is 9.70. The minimum Gasteiger partial charge on any atom is -0.786 e. The molecule has 0 saturated carbocycles. The third kappa shape index (κ3) is 22.0. The third-order valence-electron chi connectivity index (χ3n) is 2.24. The summed E-state index contributed by atoms with van der Waals surface area (Å²) in [7, 11) is 0. The van der Waals surface area contributed by atoms with Crippen molar-refractivity contribution in [2.75, 3.05) is 0 Å². The molecule has 1 radical (unpaired) electrons. The van der Waals surface area contributed by atoms with E-state index in [4.69, 9.17) is 60.0 Å². The fraction of sp³-hybridized carbons (Fsp3) is 0.667. The zero-order chi connectivity index (χ0) is 21.3. The topological polar surface area (TPSA) is 52.6 Å². The van der Waals surface area contributed by atoms with Gasteiger partial charge in [-0.15, -0.1) is 0 Å². The van der Waals surface area contributed by atoms with Gasteiger partial charge in [0.1, 0.15) is 11.2 Å². The summed E-state index contributed by atoms with van der Waals surface area (Å²) >= 11 is 19.5. The molecular weight excluding hydrogens is 472 g/mol. The van der Waals surface area contributed by atoms with E-state index in [0.717, 1.165) is 0 Å². The van der Waals surface area contributed by atoms with Gasteiger partial charge in [-0.05, 0) is 41.5 Å². The molecule has 0 aromatic rings. The van der Waals surface area contributed by atoms with E-state index in [0.29, 0.717) is 19.6 Å². The zero-order valence-corrected chi connectivity index (χ0v) is 21.2. The molecule has 0 rings (SSSR count). The Morgan fingerprint density at radius 2 is 0.889 bits per heavy atom. The fourth-order valence-corrected chi connectivity index (χ4v) is 1.65. The van der Waals surface area contributed by atoms with Gasteiger partial charge in [0.05, 0.1) is 0 Å². The molecule has 0 aliphatic rings. The maximum atomic E-state index is 11.2. The number of hydrogen-bond acceptors (Lipinski definition) is 8. The van der Waals surface area contributed by atoms with E-state index in [1.807, 2.05) is 41.5 Å². The number of carbonyl (C=O) groups is 2. The van der Waals surface area contributed by atoms with E-state index in [1.54, 1.807) is 13.8 Å². The van der Waals surface area contributed by atoms with Gasteiger partial charge >= 0.3 is 11.9 Å². The summed E-state index contributed by atoms with van der Waals surface area (Å²) in [5.41, 5.74) is -0.913. The van der Waals surface area contributed by atoms with Gasteiger partial charge in [0, 0.05) is 29.9 Å². The first-order valence-corrected chi connectivity index (χ1v) is 9.59. The number of hydrogen-bond donors (Lipinski definition) is 0. The van der Waals surface area contributed by atoms with Crippen LogP contribution in [0.1, 0.15) is 68.2 Å². The molecule has 0 aliphatic heterocycles. The normalized spacial score (nSPS) is 13.0.